The second kappa shape index (κ2) is 9.44. The molecule has 2 heterocycles. The van der Waals surface area contributed by atoms with Gasteiger partial charge in [-0.15, -0.1) is 11.3 Å². The number of rotatable bonds is 6. The lowest BCUT2D eigenvalue weighted by molar-refractivity contribution is -0.144. The van der Waals surface area contributed by atoms with Crippen LogP contribution in [0.15, 0.2) is 41.7 Å². The highest BCUT2D eigenvalue weighted by Crippen LogP contribution is 2.46. The Bertz CT molecular complexity index is 1130. The first-order chi connectivity index (χ1) is 15.1. The molecule has 0 bridgehead atoms. The number of nitrogens with one attached hydrogen (secondary N) is 2. The van der Waals surface area contributed by atoms with Crippen LogP contribution >= 0.6 is 23.1 Å². The Morgan fingerprint density at radius 3 is 2.81 bits per heavy atom. The summed E-state index contributed by atoms with van der Waals surface area (Å²) in [4.78, 5) is 47.3. The smallest absolute Gasteiger partial charge is 0.325 e. The van der Waals surface area contributed by atoms with Gasteiger partial charge < -0.3 is 10.1 Å². The highest BCUT2D eigenvalue weighted by Gasteiger charge is 2.35. The number of carbonyl (C=O) groups is 3. The molecule has 3 aromatic rings. The number of urea groups is 1. The van der Waals surface area contributed by atoms with Crippen molar-refractivity contribution in [2.24, 2.45) is 0 Å². The third kappa shape index (κ3) is 4.70. The molecular weight excluding hydrogens is 436 g/mol. The lowest BCUT2D eigenvalue weighted by atomic mass is 10.0. The van der Waals surface area contributed by atoms with Crippen molar-refractivity contribution in [3.63, 3.8) is 0 Å². The molecule has 1 aromatic carbocycles. The second-order valence-electron chi connectivity index (χ2n) is 6.80. The van der Waals surface area contributed by atoms with E-state index in [2.05, 4.69) is 20.6 Å². The van der Waals surface area contributed by atoms with Crippen LogP contribution in [0.25, 0.3) is 10.2 Å². The summed E-state index contributed by atoms with van der Waals surface area (Å²) in [7, 11) is 0. The maximum absolute atomic E-state index is 12.4. The molecule has 0 fully saturated rings. The van der Waals surface area contributed by atoms with Gasteiger partial charge in [0.2, 0.25) is 5.91 Å². The van der Waals surface area contributed by atoms with Crippen molar-refractivity contribution in [1.29, 1.82) is 0 Å². The monoisotopic (exact) mass is 456 g/mol. The predicted molar refractivity (Wildman–Crippen MR) is 119 cm³/mol. The van der Waals surface area contributed by atoms with E-state index < -0.39 is 11.9 Å². The molecule has 1 aliphatic carbocycles. The topological polar surface area (TPSA) is 110 Å². The number of fused-ring (bicyclic) bond motifs is 3. The first kappa shape index (κ1) is 21.3. The van der Waals surface area contributed by atoms with Gasteiger partial charge in [0.05, 0.1) is 18.3 Å². The molecule has 4 rings (SSSR count). The average Bonchev–Trinajstić information content (AvgIpc) is 3.32. The summed E-state index contributed by atoms with van der Waals surface area (Å²) in [6.07, 6.45) is 2.95. The van der Waals surface area contributed by atoms with Gasteiger partial charge in [-0.2, -0.15) is 0 Å². The normalized spacial score (nSPS) is 14.8. The standard InChI is InChI=1S/C21H20N4O4S2/c1-2-29-20(27)13-8-9-14-16(13)17-18(22-11-23-19(17)31-14)30-10-15(26)25-21(28)24-12-6-4-3-5-7-12/h3-7,11,13H,2,8-10H2,1H3,(H2,24,25,26,28). The lowest BCUT2D eigenvalue weighted by Gasteiger charge is -2.11. The Balaban J connectivity index is 1.46. The molecule has 0 saturated heterocycles. The van der Waals surface area contributed by atoms with Crippen molar-refractivity contribution in [2.45, 2.75) is 30.7 Å². The van der Waals surface area contributed by atoms with Crippen molar-refractivity contribution in [3.05, 3.63) is 47.1 Å². The number of hydrogen-bond donors (Lipinski definition) is 2. The maximum atomic E-state index is 12.4. The molecule has 0 radical (unpaired) electrons. The van der Waals surface area contributed by atoms with Gasteiger partial charge in [-0.1, -0.05) is 30.0 Å². The van der Waals surface area contributed by atoms with Crippen molar-refractivity contribution >= 4 is 56.9 Å². The molecule has 31 heavy (non-hydrogen) atoms. The number of carbonyl (C=O) groups excluding carboxylic acids is 3. The van der Waals surface area contributed by atoms with E-state index in [-0.39, 0.29) is 17.6 Å². The van der Waals surface area contributed by atoms with E-state index in [1.165, 1.54) is 18.1 Å². The number of anilines is 1. The molecule has 8 nitrogen and oxygen atoms in total. The van der Waals surface area contributed by atoms with Gasteiger partial charge in [0.25, 0.3) is 0 Å². The molecule has 2 aromatic heterocycles. The number of aryl methyl sites for hydroxylation is 1. The molecule has 1 unspecified atom stereocenters. The average molecular weight is 457 g/mol. The molecule has 0 saturated carbocycles. The minimum Gasteiger partial charge on any atom is -0.466 e. The quantitative estimate of drug-likeness (QED) is 0.330. The Hall–Kier alpha value is -2.98. The minimum absolute atomic E-state index is 0.00299. The van der Waals surface area contributed by atoms with Crippen LogP contribution in [0.4, 0.5) is 10.5 Å². The van der Waals surface area contributed by atoms with Crippen molar-refractivity contribution in [2.75, 3.05) is 17.7 Å². The van der Waals surface area contributed by atoms with E-state index in [1.807, 2.05) is 6.07 Å². The zero-order valence-electron chi connectivity index (χ0n) is 16.7. The van der Waals surface area contributed by atoms with E-state index in [4.69, 9.17) is 4.74 Å². The van der Waals surface area contributed by atoms with Gasteiger partial charge in [0.1, 0.15) is 16.2 Å². The highest BCUT2D eigenvalue weighted by molar-refractivity contribution is 8.00. The molecule has 160 valence electrons. The third-order valence-corrected chi connectivity index (χ3v) is 6.93. The van der Waals surface area contributed by atoms with Gasteiger partial charge >= 0.3 is 12.0 Å². The van der Waals surface area contributed by atoms with E-state index in [1.54, 1.807) is 42.5 Å². The second-order valence-corrected chi connectivity index (χ2v) is 8.85. The van der Waals surface area contributed by atoms with E-state index in [0.29, 0.717) is 23.7 Å². The van der Waals surface area contributed by atoms with Crippen LogP contribution in [0.5, 0.6) is 0 Å². The Labute approximate surface area is 186 Å². The zero-order valence-corrected chi connectivity index (χ0v) is 18.3. The van der Waals surface area contributed by atoms with Crippen LogP contribution in [0.3, 0.4) is 0 Å². The van der Waals surface area contributed by atoms with Crippen LogP contribution in [-0.2, 0) is 20.7 Å². The van der Waals surface area contributed by atoms with Crippen molar-refractivity contribution in [1.82, 2.24) is 15.3 Å². The first-order valence-electron chi connectivity index (χ1n) is 9.78. The molecule has 2 N–H and O–H groups in total. The van der Waals surface area contributed by atoms with Crippen LogP contribution in [-0.4, -0.2) is 40.2 Å². The van der Waals surface area contributed by atoms with Gasteiger partial charge in [0.15, 0.2) is 0 Å². The van der Waals surface area contributed by atoms with Crippen LogP contribution in [0.1, 0.15) is 29.7 Å². The van der Waals surface area contributed by atoms with E-state index >= 15 is 0 Å². The summed E-state index contributed by atoms with van der Waals surface area (Å²) < 4.78 is 5.24. The maximum Gasteiger partial charge on any atom is 0.325 e. The Kier molecular flexibility index (Phi) is 6.47. The van der Waals surface area contributed by atoms with Crippen molar-refractivity contribution < 1.29 is 19.1 Å². The predicted octanol–water partition coefficient (Wildman–Crippen LogP) is 3.72. The molecule has 0 spiro atoms. The Morgan fingerprint density at radius 1 is 1.23 bits per heavy atom. The zero-order chi connectivity index (χ0) is 21.8. The fourth-order valence-electron chi connectivity index (χ4n) is 3.52. The molecule has 1 aliphatic rings. The molecular formula is C21H20N4O4S2. The summed E-state index contributed by atoms with van der Waals surface area (Å²) in [5, 5.41) is 6.35. The van der Waals surface area contributed by atoms with Crippen LogP contribution < -0.4 is 10.6 Å². The summed E-state index contributed by atoms with van der Waals surface area (Å²) in [6, 6.07) is 8.28. The van der Waals surface area contributed by atoms with Gasteiger partial charge in [-0.3, -0.25) is 14.9 Å². The number of nitrogens with zero attached hydrogens (tertiary/aromatic N) is 2. The molecule has 3 amide bonds. The van der Waals surface area contributed by atoms with E-state index in [0.717, 1.165) is 27.1 Å². The molecule has 10 heteroatoms. The van der Waals surface area contributed by atoms with Crippen molar-refractivity contribution in [3.8, 4) is 0 Å². The summed E-state index contributed by atoms with van der Waals surface area (Å²) >= 11 is 2.76. The highest BCUT2D eigenvalue weighted by atomic mass is 32.2. The minimum atomic E-state index is -0.594. The SMILES string of the molecule is CCOC(=O)C1CCc2sc3ncnc(SCC(=O)NC(=O)Nc4ccccc4)c3c21. The fourth-order valence-corrected chi connectivity index (χ4v) is 5.61. The summed E-state index contributed by atoms with van der Waals surface area (Å²) in [5.74, 6) is -1.02. The van der Waals surface area contributed by atoms with Crippen LogP contribution in [0, 0.1) is 0 Å². The van der Waals surface area contributed by atoms with Gasteiger partial charge in [-0.25, -0.2) is 14.8 Å². The number of aromatic nitrogens is 2. The number of benzene rings is 1. The number of imide groups is 1. The largest absolute Gasteiger partial charge is 0.466 e. The van der Waals surface area contributed by atoms with Crippen LogP contribution in [0.2, 0.25) is 0 Å². The number of thioether (sulfide) groups is 1. The third-order valence-electron chi connectivity index (χ3n) is 4.77. The number of ether oxygens (including phenoxy) is 1. The number of para-hydroxylation sites is 1. The summed E-state index contributed by atoms with van der Waals surface area (Å²) in [6.45, 7) is 2.12. The lowest BCUT2D eigenvalue weighted by Crippen LogP contribution is -2.35. The molecule has 0 aliphatic heterocycles. The first-order valence-corrected chi connectivity index (χ1v) is 11.6. The van der Waals surface area contributed by atoms with E-state index in [9.17, 15) is 14.4 Å². The van der Waals surface area contributed by atoms with Gasteiger partial charge in [0, 0.05) is 16.0 Å². The Morgan fingerprint density at radius 2 is 2.03 bits per heavy atom. The number of amides is 3. The van der Waals surface area contributed by atoms with Gasteiger partial charge in [-0.05, 0) is 37.5 Å². The number of esters is 1. The fraction of sp³-hybridized carbons (Fsp3) is 0.286. The summed E-state index contributed by atoms with van der Waals surface area (Å²) in [5.41, 5.74) is 1.51. The molecule has 1 atom stereocenters. The number of thiophene rings is 1. The number of hydrogen-bond acceptors (Lipinski definition) is 8.